The van der Waals surface area contributed by atoms with Gasteiger partial charge >= 0.3 is 0 Å². The highest BCUT2D eigenvalue weighted by atomic mass is 79.9. The Hall–Kier alpha value is -1.33. The number of nitrogens with one attached hydrogen (secondary N) is 1. The predicted molar refractivity (Wildman–Crippen MR) is 85.9 cm³/mol. The SMILES string of the molecule is CC(C)(CNc1ccc2cc(Br)cc(Cl)c2n1)C(N)=O. The van der Waals surface area contributed by atoms with Crippen LogP contribution in [0.2, 0.25) is 5.02 Å². The molecular weight excluding hydrogens is 342 g/mol. The molecule has 0 aliphatic heterocycles. The van der Waals surface area contributed by atoms with E-state index >= 15 is 0 Å². The highest BCUT2D eigenvalue weighted by Gasteiger charge is 2.24. The van der Waals surface area contributed by atoms with E-state index in [9.17, 15) is 4.79 Å². The third-order valence-electron chi connectivity index (χ3n) is 3.09. The van der Waals surface area contributed by atoms with E-state index in [1.165, 1.54) is 0 Å². The minimum atomic E-state index is -0.639. The largest absolute Gasteiger partial charge is 0.369 e. The predicted octanol–water partition coefficient (Wildman–Crippen LogP) is 3.57. The van der Waals surface area contributed by atoms with E-state index in [4.69, 9.17) is 17.3 Å². The van der Waals surface area contributed by atoms with Gasteiger partial charge in [0.2, 0.25) is 5.91 Å². The Kier molecular flexibility index (Phi) is 4.20. The van der Waals surface area contributed by atoms with E-state index in [1.54, 1.807) is 19.9 Å². The van der Waals surface area contributed by atoms with Crippen LogP contribution in [0.1, 0.15) is 13.8 Å². The quantitative estimate of drug-likeness (QED) is 0.880. The first-order valence-corrected chi connectivity index (χ1v) is 7.26. The third-order valence-corrected chi connectivity index (χ3v) is 3.84. The number of nitrogens with zero attached hydrogens (tertiary/aromatic N) is 1. The lowest BCUT2D eigenvalue weighted by atomic mass is 9.93. The molecule has 20 heavy (non-hydrogen) atoms. The van der Waals surface area contributed by atoms with Crippen LogP contribution in [0.5, 0.6) is 0 Å². The number of carbonyl (C=O) groups excluding carboxylic acids is 1. The number of aromatic nitrogens is 1. The summed E-state index contributed by atoms with van der Waals surface area (Å²) in [4.78, 5) is 15.7. The summed E-state index contributed by atoms with van der Waals surface area (Å²) >= 11 is 9.58. The monoisotopic (exact) mass is 355 g/mol. The molecule has 1 amide bonds. The molecule has 2 rings (SSSR count). The molecule has 0 aliphatic carbocycles. The minimum Gasteiger partial charge on any atom is -0.369 e. The molecule has 0 unspecified atom stereocenters. The van der Waals surface area contributed by atoms with Crippen molar-refractivity contribution in [1.29, 1.82) is 0 Å². The fourth-order valence-corrected chi connectivity index (χ4v) is 2.53. The molecular formula is C14H15BrClN3O. The van der Waals surface area contributed by atoms with Crippen LogP contribution in [0.25, 0.3) is 10.9 Å². The zero-order valence-electron chi connectivity index (χ0n) is 11.2. The molecule has 1 heterocycles. The second kappa shape index (κ2) is 5.58. The Morgan fingerprint density at radius 3 is 2.80 bits per heavy atom. The highest BCUT2D eigenvalue weighted by Crippen LogP contribution is 2.28. The third kappa shape index (κ3) is 3.22. The topological polar surface area (TPSA) is 68.0 Å². The van der Waals surface area contributed by atoms with Crippen molar-refractivity contribution in [1.82, 2.24) is 4.98 Å². The van der Waals surface area contributed by atoms with E-state index < -0.39 is 5.41 Å². The fourth-order valence-electron chi connectivity index (χ4n) is 1.65. The van der Waals surface area contributed by atoms with Crippen molar-refractivity contribution >= 4 is 50.2 Å². The Labute approximate surface area is 130 Å². The second-order valence-electron chi connectivity index (χ2n) is 5.26. The number of hydrogen-bond donors (Lipinski definition) is 2. The van der Waals surface area contributed by atoms with Gasteiger partial charge in [0.1, 0.15) is 5.82 Å². The van der Waals surface area contributed by atoms with Crippen LogP contribution in [0, 0.1) is 5.41 Å². The van der Waals surface area contributed by atoms with Gasteiger partial charge in [0, 0.05) is 16.4 Å². The van der Waals surface area contributed by atoms with E-state index in [1.807, 2.05) is 18.2 Å². The lowest BCUT2D eigenvalue weighted by Gasteiger charge is -2.21. The van der Waals surface area contributed by atoms with Crippen molar-refractivity contribution in [3.05, 3.63) is 33.8 Å². The number of anilines is 1. The summed E-state index contributed by atoms with van der Waals surface area (Å²) in [5, 5.41) is 4.64. The second-order valence-corrected chi connectivity index (χ2v) is 6.58. The molecule has 0 spiro atoms. The molecule has 0 bridgehead atoms. The van der Waals surface area contributed by atoms with Gasteiger partial charge in [-0.1, -0.05) is 27.5 Å². The summed E-state index contributed by atoms with van der Waals surface area (Å²) in [7, 11) is 0. The number of amides is 1. The molecule has 0 aliphatic rings. The van der Waals surface area contributed by atoms with Gasteiger partial charge in [0.15, 0.2) is 0 Å². The standard InChI is InChI=1S/C14H15BrClN3O/c1-14(2,13(17)20)7-18-11-4-3-8-5-9(15)6-10(16)12(8)19-11/h3-6H,7H2,1-2H3,(H2,17,20)(H,18,19). The van der Waals surface area contributed by atoms with Gasteiger partial charge in [0.25, 0.3) is 0 Å². The summed E-state index contributed by atoms with van der Waals surface area (Å²) in [6, 6.07) is 7.53. The molecule has 0 saturated heterocycles. The number of rotatable bonds is 4. The smallest absolute Gasteiger partial charge is 0.224 e. The van der Waals surface area contributed by atoms with Crippen LogP contribution in [-0.4, -0.2) is 17.4 Å². The number of carbonyl (C=O) groups is 1. The van der Waals surface area contributed by atoms with Crippen molar-refractivity contribution in [3.8, 4) is 0 Å². The summed E-state index contributed by atoms with van der Waals surface area (Å²) in [6.07, 6.45) is 0. The van der Waals surface area contributed by atoms with Crippen LogP contribution in [0.15, 0.2) is 28.7 Å². The molecule has 0 radical (unpaired) electrons. The Morgan fingerprint density at radius 1 is 1.45 bits per heavy atom. The first kappa shape index (κ1) is 15.1. The van der Waals surface area contributed by atoms with Crippen LogP contribution >= 0.6 is 27.5 Å². The van der Waals surface area contributed by atoms with E-state index in [0.717, 1.165) is 15.4 Å². The molecule has 106 valence electrons. The first-order chi connectivity index (χ1) is 9.29. The zero-order valence-corrected chi connectivity index (χ0v) is 13.5. The molecule has 6 heteroatoms. The highest BCUT2D eigenvalue weighted by molar-refractivity contribution is 9.10. The van der Waals surface area contributed by atoms with Gasteiger partial charge in [-0.05, 0) is 38.1 Å². The van der Waals surface area contributed by atoms with E-state index in [2.05, 4.69) is 26.2 Å². The Morgan fingerprint density at radius 2 is 2.15 bits per heavy atom. The molecule has 0 atom stereocenters. The molecule has 2 aromatic rings. The molecule has 1 aromatic heterocycles. The van der Waals surface area contributed by atoms with E-state index in [-0.39, 0.29) is 5.91 Å². The summed E-state index contributed by atoms with van der Waals surface area (Å²) in [6.45, 7) is 3.98. The molecule has 0 saturated carbocycles. The van der Waals surface area contributed by atoms with Crippen molar-refractivity contribution in [2.75, 3.05) is 11.9 Å². The maximum absolute atomic E-state index is 11.3. The van der Waals surface area contributed by atoms with Gasteiger partial charge in [0.05, 0.1) is 16.0 Å². The maximum Gasteiger partial charge on any atom is 0.224 e. The van der Waals surface area contributed by atoms with Crippen LogP contribution in [-0.2, 0) is 4.79 Å². The Bertz CT molecular complexity index is 673. The van der Waals surface area contributed by atoms with Crippen molar-refractivity contribution < 1.29 is 4.79 Å². The van der Waals surface area contributed by atoms with Gasteiger partial charge in [-0.25, -0.2) is 4.98 Å². The number of hydrogen-bond acceptors (Lipinski definition) is 3. The lowest BCUT2D eigenvalue weighted by molar-refractivity contribution is -0.125. The Balaban J connectivity index is 2.27. The fraction of sp³-hybridized carbons (Fsp3) is 0.286. The molecule has 1 aromatic carbocycles. The normalized spacial score (nSPS) is 11.6. The van der Waals surface area contributed by atoms with Crippen LogP contribution in [0.3, 0.4) is 0 Å². The number of nitrogens with two attached hydrogens (primary N) is 1. The zero-order chi connectivity index (χ0) is 14.9. The van der Waals surface area contributed by atoms with Crippen LogP contribution in [0.4, 0.5) is 5.82 Å². The molecule has 3 N–H and O–H groups in total. The first-order valence-electron chi connectivity index (χ1n) is 6.09. The number of fused-ring (bicyclic) bond motifs is 1. The van der Waals surface area contributed by atoms with E-state index in [0.29, 0.717) is 17.4 Å². The van der Waals surface area contributed by atoms with Gasteiger partial charge in [-0.2, -0.15) is 0 Å². The maximum atomic E-state index is 11.3. The average molecular weight is 357 g/mol. The molecule has 0 fully saturated rings. The number of benzene rings is 1. The lowest BCUT2D eigenvalue weighted by Crippen LogP contribution is -2.37. The molecule has 4 nitrogen and oxygen atoms in total. The van der Waals surface area contributed by atoms with Gasteiger partial charge < -0.3 is 11.1 Å². The average Bonchev–Trinajstić information content (AvgIpc) is 2.36. The number of pyridine rings is 1. The van der Waals surface area contributed by atoms with Crippen LogP contribution < -0.4 is 11.1 Å². The summed E-state index contributed by atoms with van der Waals surface area (Å²) < 4.78 is 0.910. The number of primary amides is 1. The van der Waals surface area contributed by atoms with Crippen molar-refractivity contribution in [2.45, 2.75) is 13.8 Å². The summed E-state index contributed by atoms with van der Waals surface area (Å²) in [5.41, 5.74) is 5.42. The van der Waals surface area contributed by atoms with Gasteiger partial charge in [-0.15, -0.1) is 0 Å². The van der Waals surface area contributed by atoms with Crippen molar-refractivity contribution in [3.63, 3.8) is 0 Å². The van der Waals surface area contributed by atoms with Crippen molar-refractivity contribution in [2.24, 2.45) is 11.1 Å². The minimum absolute atomic E-state index is 0.354. The number of halogens is 2. The summed E-state index contributed by atoms with van der Waals surface area (Å²) in [5.74, 6) is 0.309. The van der Waals surface area contributed by atoms with Gasteiger partial charge in [-0.3, -0.25) is 4.79 Å².